The summed E-state index contributed by atoms with van der Waals surface area (Å²) in [6.07, 6.45) is 2.49. The van der Waals surface area contributed by atoms with Crippen molar-refractivity contribution in [3.8, 4) is 5.75 Å². The van der Waals surface area contributed by atoms with Gasteiger partial charge in [-0.05, 0) is 44.0 Å². The molecule has 0 saturated carbocycles. The predicted molar refractivity (Wildman–Crippen MR) is 125 cm³/mol. The summed E-state index contributed by atoms with van der Waals surface area (Å²) in [4.78, 5) is 30.1. The summed E-state index contributed by atoms with van der Waals surface area (Å²) in [6.45, 7) is 6.10. The lowest BCUT2D eigenvalue weighted by Gasteiger charge is -2.15. The highest BCUT2D eigenvalue weighted by atomic mass is 127. The molecule has 0 aromatic heterocycles. The van der Waals surface area contributed by atoms with Crippen LogP contribution in [0.2, 0.25) is 0 Å². The summed E-state index contributed by atoms with van der Waals surface area (Å²) in [5.41, 5.74) is 0.595. The molecular formula is C20H32IN5O3. The molecule has 0 unspecified atom stereocenters. The average molecular weight is 517 g/mol. The maximum atomic E-state index is 12.1. The van der Waals surface area contributed by atoms with Crippen LogP contribution in [0.5, 0.6) is 5.75 Å². The molecular weight excluding hydrogens is 485 g/mol. The highest BCUT2D eigenvalue weighted by Crippen LogP contribution is 2.11. The molecule has 1 heterocycles. The van der Waals surface area contributed by atoms with E-state index in [1.54, 1.807) is 31.4 Å². The first-order valence-corrected chi connectivity index (χ1v) is 9.86. The fourth-order valence-electron chi connectivity index (χ4n) is 2.94. The number of nitrogens with one attached hydrogen (secondary N) is 3. The number of hydrogen-bond donors (Lipinski definition) is 3. The second-order valence-corrected chi connectivity index (χ2v) is 6.51. The van der Waals surface area contributed by atoms with Crippen LogP contribution in [-0.4, -0.2) is 69.1 Å². The van der Waals surface area contributed by atoms with Gasteiger partial charge in [0, 0.05) is 51.3 Å². The highest BCUT2D eigenvalue weighted by molar-refractivity contribution is 14.0. The van der Waals surface area contributed by atoms with Crippen LogP contribution in [-0.2, 0) is 4.79 Å². The molecule has 0 spiro atoms. The van der Waals surface area contributed by atoms with Crippen LogP contribution >= 0.6 is 24.0 Å². The molecule has 1 aromatic carbocycles. The first-order chi connectivity index (χ1) is 13.6. The summed E-state index contributed by atoms with van der Waals surface area (Å²) >= 11 is 0. The third-order valence-electron chi connectivity index (χ3n) is 4.43. The Balaban J connectivity index is 0.00000420. The number of rotatable bonds is 10. The van der Waals surface area contributed by atoms with Gasteiger partial charge in [0.05, 0.1) is 7.11 Å². The number of ether oxygens (including phenoxy) is 1. The van der Waals surface area contributed by atoms with E-state index < -0.39 is 0 Å². The number of carbonyl (C=O) groups is 2. The van der Waals surface area contributed by atoms with E-state index in [9.17, 15) is 9.59 Å². The van der Waals surface area contributed by atoms with Crippen molar-refractivity contribution in [2.45, 2.75) is 26.2 Å². The SMILES string of the molecule is CCNC(=NCCCN1CCCC1=O)NCCNC(=O)c1ccc(OC)cc1.I. The molecule has 0 atom stereocenters. The van der Waals surface area contributed by atoms with E-state index in [1.165, 1.54) is 0 Å². The van der Waals surface area contributed by atoms with Crippen LogP contribution in [0.3, 0.4) is 0 Å². The number of guanidine groups is 1. The molecule has 1 aliphatic rings. The summed E-state index contributed by atoms with van der Waals surface area (Å²) in [5.74, 6) is 1.57. The van der Waals surface area contributed by atoms with Crippen molar-refractivity contribution >= 4 is 41.8 Å². The zero-order chi connectivity index (χ0) is 20.2. The maximum absolute atomic E-state index is 12.1. The zero-order valence-corrected chi connectivity index (χ0v) is 19.5. The highest BCUT2D eigenvalue weighted by Gasteiger charge is 2.18. The third kappa shape index (κ3) is 8.88. The molecule has 0 radical (unpaired) electrons. The Morgan fingerprint density at radius 2 is 1.90 bits per heavy atom. The molecule has 2 amide bonds. The lowest BCUT2D eigenvalue weighted by molar-refractivity contribution is -0.127. The van der Waals surface area contributed by atoms with Crippen molar-refractivity contribution < 1.29 is 14.3 Å². The van der Waals surface area contributed by atoms with E-state index >= 15 is 0 Å². The number of aliphatic imine (C=N–C) groups is 1. The number of methoxy groups -OCH3 is 1. The van der Waals surface area contributed by atoms with Gasteiger partial charge in [-0.25, -0.2) is 0 Å². The molecule has 3 N–H and O–H groups in total. The molecule has 2 rings (SSSR count). The van der Waals surface area contributed by atoms with E-state index in [1.807, 2.05) is 11.8 Å². The van der Waals surface area contributed by atoms with E-state index in [2.05, 4.69) is 20.9 Å². The lowest BCUT2D eigenvalue weighted by Crippen LogP contribution is -2.41. The van der Waals surface area contributed by atoms with E-state index in [0.717, 1.165) is 38.2 Å². The Labute approximate surface area is 189 Å². The molecule has 1 saturated heterocycles. The quantitative estimate of drug-likeness (QED) is 0.190. The van der Waals surface area contributed by atoms with Crippen LogP contribution < -0.4 is 20.7 Å². The van der Waals surface area contributed by atoms with Crippen LogP contribution in [0.4, 0.5) is 0 Å². The minimum atomic E-state index is -0.123. The summed E-state index contributed by atoms with van der Waals surface area (Å²) in [7, 11) is 1.59. The van der Waals surface area contributed by atoms with Crippen LogP contribution in [0, 0.1) is 0 Å². The Hall–Kier alpha value is -2.04. The number of nitrogens with zero attached hydrogens (tertiary/aromatic N) is 2. The predicted octanol–water partition coefficient (Wildman–Crippen LogP) is 1.61. The van der Waals surface area contributed by atoms with Gasteiger partial charge < -0.3 is 25.6 Å². The Morgan fingerprint density at radius 3 is 2.52 bits per heavy atom. The van der Waals surface area contributed by atoms with Gasteiger partial charge in [0.25, 0.3) is 5.91 Å². The minimum Gasteiger partial charge on any atom is -0.497 e. The van der Waals surface area contributed by atoms with Gasteiger partial charge in [0.1, 0.15) is 5.75 Å². The van der Waals surface area contributed by atoms with E-state index in [4.69, 9.17) is 4.74 Å². The van der Waals surface area contributed by atoms with Crippen molar-refractivity contribution in [1.29, 1.82) is 0 Å². The first kappa shape index (κ1) is 25.0. The average Bonchev–Trinajstić information content (AvgIpc) is 3.13. The summed E-state index contributed by atoms with van der Waals surface area (Å²) < 4.78 is 5.09. The third-order valence-corrected chi connectivity index (χ3v) is 4.43. The molecule has 1 aromatic rings. The van der Waals surface area contributed by atoms with E-state index in [-0.39, 0.29) is 35.8 Å². The van der Waals surface area contributed by atoms with Crippen molar-refractivity contribution in [3.63, 3.8) is 0 Å². The number of amides is 2. The largest absolute Gasteiger partial charge is 0.497 e. The number of benzene rings is 1. The molecule has 8 nitrogen and oxygen atoms in total. The maximum Gasteiger partial charge on any atom is 0.251 e. The normalized spacial score (nSPS) is 13.7. The smallest absolute Gasteiger partial charge is 0.251 e. The zero-order valence-electron chi connectivity index (χ0n) is 17.2. The van der Waals surface area contributed by atoms with Crippen LogP contribution in [0.25, 0.3) is 0 Å². The van der Waals surface area contributed by atoms with E-state index in [0.29, 0.717) is 37.6 Å². The van der Waals surface area contributed by atoms with Gasteiger partial charge in [0.2, 0.25) is 5.91 Å². The van der Waals surface area contributed by atoms with Gasteiger partial charge in [-0.3, -0.25) is 14.6 Å². The minimum absolute atomic E-state index is 0. The molecule has 1 fully saturated rings. The monoisotopic (exact) mass is 517 g/mol. The molecule has 29 heavy (non-hydrogen) atoms. The van der Waals surface area contributed by atoms with Gasteiger partial charge in [-0.15, -0.1) is 24.0 Å². The molecule has 9 heteroatoms. The standard InChI is InChI=1S/C20H31N5O3.HI/c1-3-21-20(23-11-5-15-25-14-4-6-18(25)26)24-13-12-22-19(27)16-7-9-17(28-2)10-8-16;/h7-10H,3-6,11-15H2,1-2H3,(H,22,27)(H2,21,23,24);1H. The van der Waals surface area contributed by atoms with Gasteiger partial charge in [-0.1, -0.05) is 0 Å². The summed E-state index contributed by atoms with van der Waals surface area (Å²) in [5, 5.41) is 9.26. The topological polar surface area (TPSA) is 95.1 Å². The number of hydrogen-bond acceptors (Lipinski definition) is 4. The lowest BCUT2D eigenvalue weighted by atomic mass is 10.2. The number of halogens is 1. The van der Waals surface area contributed by atoms with Crippen molar-refractivity contribution in [3.05, 3.63) is 29.8 Å². The van der Waals surface area contributed by atoms with Gasteiger partial charge >= 0.3 is 0 Å². The van der Waals surface area contributed by atoms with Crippen LogP contribution in [0.1, 0.15) is 36.5 Å². The fraction of sp³-hybridized carbons (Fsp3) is 0.550. The molecule has 1 aliphatic heterocycles. The summed E-state index contributed by atoms with van der Waals surface area (Å²) in [6, 6.07) is 6.99. The Kier molecular flexibility index (Phi) is 12.1. The number of carbonyl (C=O) groups excluding carboxylic acids is 2. The molecule has 162 valence electrons. The molecule has 0 aliphatic carbocycles. The fourth-order valence-corrected chi connectivity index (χ4v) is 2.94. The van der Waals surface area contributed by atoms with Crippen molar-refractivity contribution in [2.24, 2.45) is 4.99 Å². The number of likely N-dealkylation sites (tertiary alicyclic amines) is 1. The first-order valence-electron chi connectivity index (χ1n) is 9.86. The Bertz CT molecular complexity index is 667. The van der Waals surface area contributed by atoms with Crippen molar-refractivity contribution in [2.75, 3.05) is 46.4 Å². The second kappa shape index (κ2) is 14.0. The Morgan fingerprint density at radius 1 is 1.17 bits per heavy atom. The van der Waals surface area contributed by atoms with Crippen molar-refractivity contribution in [1.82, 2.24) is 20.9 Å². The molecule has 0 bridgehead atoms. The van der Waals surface area contributed by atoms with Gasteiger partial charge in [0.15, 0.2) is 5.96 Å². The van der Waals surface area contributed by atoms with Gasteiger partial charge in [-0.2, -0.15) is 0 Å². The second-order valence-electron chi connectivity index (χ2n) is 6.51. The van der Waals surface area contributed by atoms with Crippen LogP contribution in [0.15, 0.2) is 29.3 Å².